The summed E-state index contributed by atoms with van der Waals surface area (Å²) in [5.41, 5.74) is 5.65. The molecule has 0 aromatic carbocycles. The molecule has 3 N–H and O–H groups in total. The van der Waals surface area contributed by atoms with E-state index in [1.807, 2.05) is 39.8 Å². The Morgan fingerprint density at radius 1 is 1.53 bits per heavy atom. The molecule has 0 aliphatic carbocycles. The van der Waals surface area contributed by atoms with Crippen LogP contribution < -0.4 is 11.1 Å². The number of nitrogens with two attached hydrogens (primary N) is 1. The maximum absolute atomic E-state index is 11.9. The van der Waals surface area contributed by atoms with Crippen molar-refractivity contribution in [2.45, 2.75) is 46.2 Å². The molecule has 0 saturated carbocycles. The molecule has 1 aromatic rings. The molecule has 0 radical (unpaired) electrons. The summed E-state index contributed by atoms with van der Waals surface area (Å²) in [5.74, 6) is 0.749. The quantitative estimate of drug-likeness (QED) is 0.839. The Hall–Kier alpha value is -1.29. The Morgan fingerprint density at radius 3 is 2.65 bits per heavy atom. The first-order chi connectivity index (χ1) is 7.80. The van der Waals surface area contributed by atoms with Gasteiger partial charge in [-0.1, -0.05) is 20.8 Å². The lowest BCUT2D eigenvalue weighted by molar-refractivity contribution is -0.125. The SMILES string of the molecule is CC(Cc1ccco1)NC(=O)C(N)C(C)(C)C. The highest BCUT2D eigenvalue weighted by Crippen LogP contribution is 2.17. The van der Waals surface area contributed by atoms with Crippen molar-refractivity contribution >= 4 is 5.91 Å². The Balaban J connectivity index is 2.46. The van der Waals surface area contributed by atoms with Crippen LogP contribution in [0.2, 0.25) is 0 Å². The van der Waals surface area contributed by atoms with Gasteiger partial charge in [-0.05, 0) is 24.5 Å². The number of carbonyl (C=O) groups is 1. The van der Waals surface area contributed by atoms with Crippen molar-refractivity contribution in [3.8, 4) is 0 Å². The highest BCUT2D eigenvalue weighted by molar-refractivity contribution is 5.82. The third kappa shape index (κ3) is 4.23. The van der Waals surface area contributed by atoms with Gasteiger partial charge in [0.05, 0.1) is 12.3 Å². The van der Waals surface area contributed by atoms with E-state index < -0.39 is 6.04 Å². The number of amides is 1. The number of rotatable bonds is 4. The van der Waals surface area contributed by atoms with Gasteiger partial charge in [0.1, 0.15) is 5.76 Å². The number of furan rings is 1. The van der Waals surface area contributed by atoms with E-state index in [9.17, 15) is 4.79 Å². The van der Waals surface area contributed by atoms with Crippen molar-refractivity contribution in [1.29, 1.82) is 0 Å². The van der Waals surface area contributed by atoms with Crippen LogP contribution in [0.1, 0.15) is 33.5 Å². The lowest BCUT2D eigenvalue weighted by Gasteiger charge is -2.27. The molecule has 17 heavy (non-hydrogen) atoms. The van der Waals surface area contributed by atoms with Crippen LogP contribution in [0.4, 0.5) is 0 Å². The molecular formula is C13H22N2O2. The summed E-state index contributed by atoms with van der Waals surface area (Å²) in [6.45, 7) is 7.80. The van der Waals surface area contributed by atoms with E-state index in [1.165, 1.54) is 0 Å². The van der Waals surface area contributed by atoms with Crippen molar-refractivity contribution in [2.24, 2.45) is 11.1 Å². The third-order valence-corrected chi connectivity index (χ3v) is 2.69. The maximum Gasteiger partial charge on any atom is 0.237 e. The zero-order valence-electron chi connectivity index (χ0n) is 11.0. The standard InChI is InChI=1S/C13H22N2O2/c1-9(8-10-6-5-7-17-10)15-12(16)11(14)13(2,3)4/h5-7,9,11H,8,14H2,1-4H3,(H,15,16). The minimum Gasteiger partial charge on any atom is -0.469 e. The molecule has 2 unspecified atom stereocenters. The van der Waals surface area contributed by atoms with Crippen molar-refractivity contribution < 1.29 is 9.21 Å². The highest BCUT2D eigenvalue weighted by Gasteiger charge is 2.28. The molecule has 4 heteroatoms. The number of carbonyl (C=O) groups excluding carboxylic acids is 1. The van der Waals surface area contributed by atoms with Crippen LogP contribution >= 0.6 is 0 Å². The predicted molar refractivity (Wildman–Crippen MR) is 67.4 cm³/mol. The van der Waals surface area contributed by atoms with Crippen LogP contribution in [0.25, 0.3) is 0 Å². The molecule has 0 aliphatic heterocycles. The van der Waals surface area contributed by atoms with E-state index in [-0.39, 0.29) is 17.4 Å². The van der Waals surface area contributed by atoms with Gasteiger partial charge >= 0.3 is 0 Å². The van der Waals surface area contributed by atoms with E-state index in [0.717, 1.165) is 5.76 Å². The van der Waals surface area contributed by atoms with Crippen LogP contribution in [-0.2, 0) is 11.2 Å². The van der Waals surface area contributed by atoms with Gasteiger partial charge in [-0.25, -0.2) is 0 Å². The molecule has 0 spiro atoms. The summed E-state index contributed by atoms with van der Waals surface area (Å²) in [6.07, 6.45) is 2.31. The van der Waals surface area contributed by atoms with Crippen LogP contribution in [0.15, 0.2) is 22.8 Å². The van der Waals surface area contributed by atoms with Gasteiger partial charge in [0, 0.05) is 12.5 Å². The highest BCUT2D eigenvalue weighted by atomic mass is 16.3. The van der Waals surface area contributed by atoms with E-state index in [4.69, 9.17) is 10.2 Å². The van der Waals surface area contributed by atoms with Gasteiger partial charge < -0.3 is 15.5 Å². The van der Waals surface area contributed by atoms with Crippen LogP contribution in [0, 0.1) is 5.41 Å². The summed E-state index contributed by atoms with van der Waals surface area (Å²) in [7, 11) is 0. The summed E-state index contributed by atoms with van der Waals surface area (Å²) in [4.78, 5) is 11.9. The van der Waals surface area contributed by atoms with Gasteiger partial charge in [0.2, 0.25) is 5.91 Å². The minimum absolute atomic E-state index is 0.0158. The first kappa shape index (κ1) is 13.8. The zero-order valence-corrected chi connectivity index (χ0v) is 11.0. The predicted octanol–water partition coefficient (Wildman–Crippen LogP) is 1.70. The summed E-state index contributed by atoms with van der Waals surface area (Å²) in [6, 6.07) is 3.25. The molecule has 1 heterocycles. The topological polar surface area (TPSA) is 68.3 Å². The fraction of sp³-hybridized carbons (Fsp3) is 0.615. The molecule has 0 saturated heterocycles. The smallest absolute Gasteiger partial charge is 0.237 e. The molecule has 0 bridgehead atoms. The van der Waals surface area contributed by atoms with Gasteiger partial charge in [0.25, 0.3) is 0 Å². The molecular weight excluding hydrogens is 216 g/mol. The Kier molecular flexibility index (Phi) is 4.34. The van der Waals surface area contributed by atoms with Gasteiger partial charge in [-0.15, -0.1) is 0 Å². The molecule has 4 nitrogen and oxygen atoms in total. The molecule has 2 atom stereocenters. The van der Waals surface area contributed by atoms with E-state index >= 15 is 0 Å². The molecule has 96 valence electrons. The average Bonchev–Trinajstić information content (AvgIpc) is 2.67. The van der Waals surface area contributed by atoms with Crippen LogP contribution in [0.5, 0.6) is 0 Å². The van der Waals surface area contributed by atoms with Crippen molar-refractivity contribution in [3.63, 3.8) is 0 Å². The fourth-order valence-electron chi connectivity index (χ4n) is 1.51. The van der Waals surface area contributed by atoms with Gasteiger partial charge in [-0.2, -0.15) is 0 Å². The van der Waals surface area contributed by atoms with Crippen molar-refractivity contribution in [3.05, 3.63) is 24.2 Å². The first-order valence-electron chi connectivity index (χ1n) is 5.89. The fourth-order valence-corrected chi connectivity index (χ4v) is 1.51. The Labute approximate surface area is 103 Å². The summed E-state index contributed by atoms with van der Waals surface area (Å²) in [5, 5.41) is 2.90. The third-order valence-electron chi connectivity index (χ3n) is 2.69. The Bertz CT molecular complexity index is 352. The summed E-state index contributed by atoms with van der Waals surface area (Å²) >= 11 is 0. The van der Waals surface area contributed by atoms with Crippen molar-refractivity contribution in [1.82, 2.24) is 5.32 Å². The largest absolute Gasteiger partial charge is 0.469 e. The van der Waals surface area contributed by atoms with E-state index in [0.29, 0.717) is 6.42 Å². The second kappa shape index (κ2) is 5.36. The van der Waals surface area contributed by atoms with Crippen molar-refractivity contribution in [2.75, 3.05) is 0 Å². The first-order valence-corrected chi connectivity index (χ1v) is 5.89. The van der Waals surface area contributed by atoms with Crippen LogP contribution in [0.3, 0.4) is 0 Å². The van der Waals surface area contributed by atoms with E-state index in [1.54, 1.807) is 6.26 Å². The molecule has 0 fully saturated rings. The normalized spacial score (nSPS) is 15.4. The van der Waals surface area contributed by atoms with Gasteiger partial charge in [0.15, 0.2) is 0 Å². The lowest BCUT2D eigenvalue weighted by atomic mass is 9.87. The average molecular weight is 238 g/mol. The monoisotopic (exact) mass is 238 g/mol. The van der Waals surface area contributed by atoms with E-state index in [2.05, 4.69) is 5.32 Å². The molecule has 1 aromatic heterocycles. The minimum atomic E-state index is -0.499. The number of hydrogen-bond donors (Lipinski definition) is 2. The second-order valence-corrected chi connectivity index (χ2v) is 5.54. The Morgan fingerprint density at radius 2 is 2.18 bits per heavy atom. The van der Waals surface area contributed by atoms with Crippen LogP contribution in [-0.4, -0.2) is 18.0 Å². The summed E-state index contributed by atoms with van der Waals surface area (Å²) < 4.78 is 5.23. The maximum atomic E-state index is 11.9. The van der Waals surface area contributed by atoms with Gasteiger partial charge in [-0.3, -0.25) is 4.79 Å². The molecule has 1 rings (SSSR count). The zero-order chi connectivity index (χ0) is 13.1. The second-order valence-electron chi connectivity index (χ2n) is 5.54. The number of hydrogen-bond acceptors (Lipinski definition) is 3. The molecule has 1 amide bonds. The number of nitrogens with one attached hydrogen (secondary N) is 1. The lowest BCUT2D eigenvalue weighted by Crippen LogP contribution is -2.51. The molecule has 0 aliphatic rings.